The van der Waals surface area contributed by atoms with Crippen LogP contribution < -0.4 is 11.1 Å². The number of benzene rings is 1. The first kappa shape index (κ1) is 22.4. The standard InChI is InChI=1S/C19H26N4OS.HI/c1-3-23(4-2)18(24)16-9-7-15(8-10-16)14-22-19(20)21-12-11-17-6-5-13-25-17;/h5-10,13H,3-4,11-12,14H2,1-2H3,(H3,20,21,22);1H. The van der Waals surface area contributed by atoms with Gasteiger partial charge in [-0.25, -0.2) is 4.99 Å². The van der Waals surface area contributed by atoms with Crippen LogP contribution in [-0.4, -0.2) is 36.4 Å². The fraction of sp³-hybridized carbons (Fsp3) is 0.368. The Labute approximate surface area is 176 Å². The van der Waals surface area contributed by atoms with E-state index in [1.165, 1.54) is 4.88 Å². The van der Waals surface area contributed by atoms with Gasteiger partial charge in [0, 0.05) is 30.1 Å². The maximum absolute atomic E-state index is 12.3. The molecule has 0 saturated carbocycles. The molecule has 0 fully saturated rings. The van der Waals surface area contributed by atoms with Gasteiger partial charge in [0.2, 0.25) is 0 Å². The average molecular weight is 486 g/mol. The summed E-state index contributed by atoms with van der Waals surface area (Å²) >= 11 is 1.74. The van der Waals surface area contributed by atoms with E-state index in [1.807, 2.05) is 49.1 Å². The average Bonchev–Trinajstić information content (AvgIpc) is 3.15. The number of nitrogens with zero attached hydrogens (tertiary/aromatic N) is 2. The van der Waals surface area contributed by atoms with Gasteiger partial charge in [0.05, 0.1) is 6.54 Å². The number of rotatable bonds is 8. The molecular weight excluding hydrogens is 459 g/mol. The minimum atomic E-state index is 0. The second kappa shape index (κ2) is 11.9. The van der Waals surface area contributed by atoms with Crippen LogP contribution in [0.25, 0.3) is 0 Å². The molecule has 0 atom stereocenters. The van der Waals surface area contributed by atoms with Crippen molar-refractivity contribution in [2.24, 2.45) is 10.7 Å². The molecule has 142 valence electrons. The molecule has 0 radical (unpaired) electrons. The maximum atomic E-state index is 12.3. The molecule has 1 heterocycles. The number of carbonyl (C=O) groups excluding carboxylic acids is 1. The number of nitrogens with two attached hydrogens (primary N) is 1. The molecule has 2 aromatic rings. The van der Waals surface area contributed by atoms with Crippen LogP contribution in [0.15, 0.2) is 46.8 Å². The summed E-state index contributed by atoms with van der Waals surface area (Å²) in [5.74, 6) is 0.509. The lowest BCUT2D eigenvalue weighted by Gasteiger charge is -2.18. The summed E-state index contributed by atoms with van der Waals surface area (Å²) in [4.78, 5) is 19.8. The van der Waals surface area contributed by atoms with Crippen molar-refractivity contribution in [3.8, 4) is 0 Å². The smallest absolute Gasteiger partial charge is 0.253 e. The predicted molar refractivity (Wildman–Crippen MR) is 120 cm³/mol. The van der Waals surface area contributed by atoms with Gasteiger partial charge in [-0.2, -0.15) is 0 Å². The lowest BCUT2D eigenvalue weighted by molar-refractivity contribution is 0.0773. The molecule has 3 N–H and O–H groups in total. The molecule has 26 heavy (non-hydrogen) atoms. The number of halogens is 1. The van der Waals surface area contributed by atoms with Crippen LogP contribution >= 0.6 is 35.3 Å². The summed E-state index contributed by atoms with van der Waals surface area (Å²) in [6.45, 7) is 6.67. The van der Waals surface area contributed by atoms with Crippen LogP contribution in [0.1, 0.15) is 34.6 Å². The second-order valence-electron chi connectivity index (χ2n) is 5.63. The first-order valence-corrected chi connectivity index (χ1v) is 9.46. The monoisotopic (exact) mass is 486 g/mol. The van der Waals surface area contributed by atoms with Crippen molar-refractivity contribution in [2.45, 2.75) is 26.8 Å². The van der Waals surface area contributed by atoms with E-state index in [-0.39, 0.29) is 29.9 Å². The Morgan fingerprint density at radius 1 is 1.19 bits per heavy atom. The number of hydrogen-bond donors (Lipinski definition) is 2. The Kier molecular flexibility index (Phi) is 10.3. The van der Waals surface area contributed by atoms with Crippen LogP contribution in [0.2, 0.25) is 0 Å². The van der Waals surface area contributed by atoms with Crippen LogP contribution in [0.4, 0.5) is 0 Å². The zero-order chi connectivity index (χ0) is 18.1. The lowest BCUT2D eigenvalue weighted by atomic mass is 10.1. The first-order valence-electron chi connectivity index (χ1n) is 8.58. The van der Waals surface area contributed by atoms with Gasteiger partial charge in [-0.3, -0.25) is 4.79 Å². The molecule has 7 heteroatoms. The van der Waals surface area contributed by atoms with E-state index in [2.05, 4.69) is 21.8 Å². The summed E-state index contributed by atoms with van der Waals surface area (Å²) in [6.07, 6.45) is 0.941. The van der Waals surface area contributed by atoms with Crippen molar-refractivity contribution in [3.63, 3.8) is 0 Å². The third kappa shape index (κ3) is 6.95. The third-order valence-corrected chi connectivity index (χ3v) is 4.88. The molecule has 0 saturated heterocycles. The number of hydrogen-bond acceptors (Lipinski definition) is 3. The number of guanidine groups is 1. The van der Waals surface area contributed by atoms with E-state index in [9.17, 15) is 4.79 Å². The largest absolute Gasteiger partial charge is 0.370 e. The van der Waals surface area contributed by atoms with Crippen molar-refractivity contribution in [1.29, 1.82) is 0 Å². The van der Waals surface area contributed by atoms with E-state index < -0.39 is 0 Å². The highest BCUT2D eigenvalue weighted by Crippen LogP contribution is 2.09. The fourth-order valence-corrected chi connectivity index (χ4v) is 3.16. The first-order chi connectivity index (χ1) is 12.1. The number of carbonyl (C=O) groups is 1. The van der Waals surface area contributed by atoms with Crippen molar-refractivity contribution in [3.05, 3.63) is 57.8 Å². The van der Waals surface area contributed by atoms with E-state index in [0.717, 1.165) is 31.6 Å². The highest BCUT2D eigenvalue weighted by atomic mass is 127. The quantitative estimate of drug-likeness (QED) is 0.341. The van der Waals surface area contributed by atoms with Crippen molar-refractivity contribution in [2.75, 3.05) is 19.6 Å². The lowest BCUT2D eigenvalue weighted by Crippen LogP contribution is -2.33. The topological polar surface area (TPSA) is 70.7 Å². The normalized spacial score (nSPS) is 10.9. The predicted octanol–water partition coefficient (Wildman–Crippen LogP) is 3.50. The van der Waals surface area contributed by atoms with E-state index in [1.54, 1.807) is 11.3 Å². The fourth-order valence-electron chi connectivity index (χ4n) is 2.45. The Morgan fingerprint density at radius 3 is 2.46 bits per heavy atom. The Bertz CT molecular complexity index is 682. The molecule has 0 unspecified atom stereocenters. The van der Waals surface area contributed by atoms with Crippen LogP contribution in [0.3, 0.4) is 0 Å². The van der Waals surface area contributed by atoms with E-state index in [4.69, 9.17) is 5.73 Å². The second-order valence-corrected chi connectivity index (χ2v) is 6.66. The number of thiophene rings is 1. The van der Waals surface area contributed by atoms with Crippen LogP contribution in [0.5, 0.6) is 0 Å². The minimum absolute atomic E-state index is 0. The van der Waals surface area contributed by atoms with Gasteiger partial charge >= 0.3 is 0 Å². The highest BCUT2D eigenvalue weighted by Gasteiger charge is 2.11. The SMILES string of the molecule is CCN(CC)C(=O)c1ccc(CN=C(N)NCCc2cccs2)cc1.I. The molecular formula is C19H27IN4OS. The third-order valence-electron chi connectivity index (χ3n) is 3.94. The Balaban J connectivity index is 0.00000338. The van der Waals surface area contributed by atoms with E-state index in [0.29, 0.717) is 18.1 Å². The van der Waals surface area contributed by atoms with Gasteiger partial charge in [0.15, 0.2) is 5.96 Å². The van der Waals surface area contributed by atoms with Crippen molar-refractivity contribution in [1.82, 2.24) is 10.2 Å². The van der Waals surface area contributed by atoms with Gasteiger partial charge in [-0.1, -0.05) is 18.2 Å². The summed E-state index contributed by atoms with van der Waals surface area (Å²) in [7, 11) is 0. The summed E-state index contributed by atoms with van der Waals surface area (Å²) in [5, 5.41) is 5.20. The van der Waals surface area contributed by atoms with Gasteiger partial charge < -0.3 is 16.0 Å². The van der Waals surface area contributed by atoms with Crippen LogP contribution in [0, 0.1) is 0 Å². The molecule has 0 aliphatic heterocycles. The van der Waals surface area contributed by atoms with Gasteiger partial charge in [0.1, 0.15) is 0 Å². The van der Waals surface area contributed by atoms with Crippen molar-refractivity contribution >= 4 is 47.2 Å². The molecule has 0 bridgehead atoms. The van der Waals surface area contributed by atoms with Crippen molar-refractivity contribution < 1.29 is 4.79 Å². The molecule has 0 aliphatic rings. The van der Waals surface area contributed by atoms with E-state index >= 15 is 0 Å². The number of amides is 1. The maximum Gasteiger partial charge on any atom is 0.253 e. The molecule has 1 aromatic heterocycles. The zero-order valence-corrected chi connectivity index (χ0v) is 18.4. The molecule has 0 aliphatic carbocycles. The zero-order valence-electron chi connectivity index (χ0n) is 15.3. The number of aliphatic imine (C=N–C) groups is 1. The molecule has 1 aromatic carbocycles. The van der Waals surface area contributed by atoms with Gasteiger partial charge in [-0.05, 0) is 49.4 Å². The minimum Gasteiger partial charge on any atom is -0.370 e. The summed E-state index contributed by atoms with van der Waals surface area (Å²) in [6, 6.07) is 11.7. The molecule has 5 nitrogen and oxygen atoms in total. The Hall–Kier alpha value is -1.61. The highest BCUT2D eigenvalue weighted by molar-refractivity contribution is 14.0. The van der Waals surface area contributed by atoms with Crippen LogP contribution in [-0.2, 0) is 13.0 Å². The Morgan fingerprint density at radius 2 is 1.88 bits per heavy atom. The molecule has 0 spiro atoms. The summed E-state index contributed by atoms with van der Waals surface area (Å²) in [5.41, 5.74) is 7.63. The van der Waals surface area contributed by atoms with Gasteiger partial charge in [0.25, 0.3) is 5.91 Å². The number of nitrogens with one attached hydrogen (secondary N) is 1. The molecule has 2 rings (SSSR count). The van der Waals surface area contributed by atoms with Gasteiger partial charge in [-0.15, -0.1) is 35.3 Å². The summed E-state index contributed by atoms with van der Waals surface area (Å²) < 4.78 is 0. The molecule has 1 amide bonds.